The fraction of sp³-hybridized carbons (Fsp3) is 0.500. The van der Waals surface area contributed by atoms with E-state index in [1.54, 1.807) is 0 Å². The van der Waals surface area contributed by atoms with Crippen LogP contribution in [0.2, 0.25) is 0 Å². The molecule has 0 saturated heterocycles. The number of alkyl halides is 3. The zero-order chi connectivity index (χ0) is 20.8. The number of halogens is 3. The zero-order valence-electron chi connectivity index (χ0n) is 15.7. The molecule has 2 rings (SSSR count). The van der Waals surface area contributed by atoms with Gasteiger partial charge in [-0.25, -0.2) is 8.42 Å². The molecule has 0 unspecified atom stereocenters. The Hall–Kier alpha value is -2.03. The molecule has 0 radical (unpaired) electrons. The fourth-order valence-electron chi connectivity index (χ4n) is 3.17. The van der Waals surface area contributed by atoms with E-state index in [-0.39, 0.29) is 22.7 Å². The van der Waals surface area contributed by atoms with Crippen LogP contribution in [-0.2, 0) is 21.0 Å². The molecule has 0 heterocycles. The first-order valence-electron chi connectivity index (χ1n) is 8.28. The number of allylic oxidation sites excluding steroid dienone is 2. The van der Waals surface area contributed by atoms with E-state index in [2.05, 4.69) is 10.0 Å². The van der Waals surface area contributed by atoms with Crippen molar-refractivity contribution in [1.29, 1.82) is 0 Å². The van der Waals surface area contributed by atoms with Crippen LogP contribution in [0.3, 0.4) is 0 Å². The number of benzene rings is 1. The summed E-state index contributed by atoms with van der Waals surface area (Å²) in [5.41, 5.74) is -0.599. The highest BCUT2D eigenvalue weighted by Crippen LogP contribution is 2.59. The summed E-state index contributed by atoms with van der Waals surface area (Å²) in [6, 6.07) is 2.48. The lowest BCUT2D eigenvalue weighted by Gasteiger charge is -2.15. The Morgan fingerprint density at radius 1 is 1.19 bits per heavy atom. The maximum absolute atomic E-state index is 13.0. The molecule has 1 amide bonds. The number of nitrogens with one attached hydrogen (secondary N) is 2. The van der Waals surface area contributed by atoms with Crippen LogP contribution in [0.5, 0.6) is 0 Å². The molecule has 1 aromatic rings. The molecule has 1 aliphatic rings. The number of carbonyl (C=O) groups excluding carboxylic acids is 1. The minimum Gasteiger partial charge on any atom is -0.324 e. The lowest BCUT2D eigenvalue weighted by molar-refractivity contribution is -0.137. The number of carbonyl (C=O) groups is 1. The number of hydrogen-bond acceptors (Lipinski definition) is 3. The van der Waals surface area contributed by atoms with Crippen molar-refractivity contribution in [3.8, 4) is 0 Å². The van der Waals surface area contributed by atoms with E-state index in [1.165, 1.54) is 0 Å². The first kappa shape index (κ1) is 21.3. The summed E-state index contributed by atoms with van der Waals surface area (Å²) in [6.45, 7) is 7.63. The number of anilines is 2. The minimum atomic E-state index is -4.62. The molecule has 5 nitrogen and oxygen atoms in total. The van der Waals surface area contributed by atoms with Crippen molar-refractivity contribution in [3.05, 3.63) is 35.4 Å². The molecule has 1 fully saturated rings. The second kappa shape index (κ2) is 6.85. The van der Waals surface area contributed by atoms with Crippen LogP contribution in [0.1, 0.15) is 33.3 Å². The van der Waals surface area contributed by atoms with E-state index in [0.29, 0.717) is 0 Å². The topological polar surface area (TPSA) is 75.3 Å². The summed E-state index contributed by atoms with van der Waals surface area (Å²) in [7, 11) is -3.73. The monoisotopic (exact) mass is 404 g/mol. The van der Waals surface area contributed by atoms with Gasteiger partial charge in [-0.15, -0.1) is 0 Å². The number of amides is 1. The van der Waals surface area contributed by atoms with Gasteiger partial charge in [-0.05, 0) is 43.4 Å². The molecular formula is C18H23F3N2O3S. The molecule has 2 atom stereocenters. The third-order valence-corrected chi connectivity index (χ3v) is 5.20. The molecule has 1 aromatic carbocycles. The van der Waals surface area contributed by atoms with Crippen LogP contribution in [-0.4, -0.2) is 20.6 Å². The van der Waals surface area contributed by atoms with E-state index in [0.717, 1.165) is 30.0 Å². The fourth-order valence-corrected chi connectivity index (χ4v) is 3.75. The average molecular weight is 404 g/mol. The molecule has 150 valence electrons. The predicted octanol–water partition coefficient (Wildman–Crippen LogP) is 4.25. The van der Waals surface area contributed by atoms with Crippen LogP contribution in [0.4, 0.5) is 24.5 Å². The zero-order valence-corrected chi connectivity index (χ0v) is 16.5. The van der Waals surface area contributed by atoms with E-state index in [4.69, 9.17) is 0 Å². The Morgan fingerprint density at radius 2 is 1.78 bits per heavy atom. The average Bonchev–Trinajstić information content (AvgIpc) is 2.98. The highest BCUT2D eigenvalue weighted by Gasteiger charge is 2.60. The van der Waals surface area contributed by atoms with Crippen molar-refractivity contribution >= 4 is 27.3 Å². The summed E-state index contributed by atoms with van der Waals surface area (Å²) in [5.74, 6) is -0.883. The van der Waals surface area contributed by atoms with Crippen molar-refractivity contribution in [3.63, 3.8) is 0 Å². The quantitative estimate of drug-likeness (QED) is 0.721. The minimum absolute atomic E-state index is 0.0281. The summed E-state index contributed by atoms with van der Waals surface area (Å²) in [6.07, 6.45) is -1.77. The Balaban J connectivity index is 2.35. The van der Waals surface area contributed by atoms with Crippen LogP contribution in [0, 0.1) is 17.3 Å². The van der Waals surface area contributed by atoms with Gasteiger partial charge in [-0.3, -0.25) is 9.52 Å². The summed E-state index contributed by atoms with van der Waals surface area (Å²) >= 11 is 0. The van der Waals surface area contributed by atoms with E-state index >= 15 is 0 Å². The molecular weight excluding hydrogens is 381 g/mol. The third-order valence-electron chi connectivity index (χ3n) is 4.61. The van der Waals surface area contributed by atoms with Crippen LogP contribution in [0.15, 0.2) is 29.8 Å². The van der Waals surface area contributed by atoms with E-state index < -0.39 is 33.6 Å². The maximum atomic E-state index is 13.0. The van der Waals surface area contributed by atoms with E-state index in [9.17, 15) is 26.4 Å². The van der Waals surface area contributed by atoms with Crippen molar-refractivity contribution in [2.24, 2.45) is 17.3 Å². The molecule has 1 aliphatic carbocycles. The summed E-state index contributed by atoms with van der Waals surface area (Å²) in [5, 5.41) is 2.47. The predicted molar refractivity (Wildman–Crippen MR) is 98.7 cm³/mol. The molecule has 27 heavy (non-hydrogen) atoms. The Bertz CT molecular complexity index is 886. The van der Waals surface area contributed by atoms with Crippen LogP contribution < -0.4 is 10.0 Å². The Kier molecular flexibility index (Phi) is 5.40. The molecule has 0 bridgehead atoms. The smallest absolute Gasteiger partial charge is 0.324 e. The highest BCUT2D eigenvalue weighted by molar-refractivity contribution is 7.92. The summed E-state index contributed by atoms with van der Waals surface area (Å²) in [4.78, 5) is 12.7. The highest BCUT2D eigenvalue weighted by atomic mass is 32.2. The number of sulfonamides is 1. The van der Waals surface area contributed by atoms with Crippen molar-refractivity contribution < 1.29 is 26.4 Å². The van der Waals surface area contributed by atoms with Gasteiger partial charge in [0.25, 0.3) is 0 Å². The second-order valence-electron chi connectivity index (χ2n) is 7.69. The SMILES string of the molecule is CC(C)=C[C@H]1[C@H](C(=O)Nc2cc(C(F)(F)F)ccc2NS(C)(=O)=O)C1(C)C. The van der Waals surface area contributed by atoms with Crippen LogP contribution >= 0.6 is 0 Å². The maximum Gasteiger partial charge on any atom is 0.416 e. The molecule has 0 aliphatic heterocycles. The van der Waals surface area contributed by atoms with Gasteiger partial charge < -0.3 is 5.32 Å². The molecule has 9 heteroatoms. The van der Waals surface area contributed by atoms with Crippen LogP contribution in [0.25, 0.3) is 0 Å². The normalized spacial score (nSPS) is 21.3. The van der Waals surface area contributed by atoms with E-state index in [1.807, 2.05) is 33.8 Å². The standard InChI is InChI=1S/C18H23F3N2O3S/c1-10(2)8-12-15(17(12,3)4)16(24)22-14-9-11(18(19,20)21)6-7-13(14)23-27(5,25)26/h6-9,12,15,23H,1-5H3,(H,22,24)/t12-,15+/m0/s1. The Labute approximate surface area is 157 Å². The first-order chi connectivity index (χ1) is 12.1. The number of hydrogen-bond donors (Lipinski definition) is 2. The van der Waals surface area contributed by atoms with Gasteiger partial charge in [0, 0.05) is 0 Å². The largest absolute Gasteiger partial charge is 0.416 e. The van der Waals surface area contributed by atoms with Crippen molar-refractivity contribution in [2.75, 3.05) is 16.3 Å². The lowest BCUT2D eigenvalue weighted by atomic mass is 10.1. The second-order valence-corrected chi connectivity index (χ2v) is 9.44. The van der Waals surface area contributed by atoms with Gasteiger partial charge >= 0.3 is 6.18 Å². The van der Waals surface area contributed by atoms with Gasteiger partial charge in [0.2, 0.25) is 15.9 Å². The number of rotatable bonds is 5. The molecule has 1 saturated carbocycles. The van der Waals surface area contributed by atoms with Gasteiger partial charge in [-0.1, -0.05) is 25.5 Å². The molecule has 0 aromatic heterocycles. The van der Waals surface area contributed by atoms with Gasteiger partial charge in [-0.2, -0.15) is 13.2 Å². The summed E-state index contributed by atoms with van der Waals surface area (Å²) < 4.78 is 64.2. The van der Waals surface area contributed by atoms with Gasteiger partial charge in [0.15, 0.2) is 0 Å². The van der Waals surface area contributed by atoms with Crippen molar-refractivity contribution in [1.82, 2.24) is 0 Å². The van der Waals surface area contributed by atoms with Gasteiger partial charge in [0.05, 0.1) is 29.1 Å². The molecule has 2 N–H and O–H groups in total. The Morgan fingerprint density at radius 3 is 2.26 bits per heavy atom. The van der Waals surface area contributed by atoms with Crippen molar-refractivity contribution in [2.45, 2.75) is 33.9 Å². The third kappa shape index (κ3) is 5.03. The van der Waals surface area contributed by atoms with Gasteiger partial charge in [0.1, 0.15) is 0 Å². The molecule has 0 spiro atoms. The first-order valence-corrected chi connectivity index (χ1v) is 10.2. The lowest BCUT2D eigenvalue weighted by Crippen LogP contribution is -2.20.